The van der Waals surface area contributed by atoms with Crippen molar-refractivity contribution in [1.29, 1.82) is 0 Å². The molecule has 0 saturated carbocycles. The number of carbonyl (C=O) groups is 1. The van der Waals surface area contributed by atoms with Gasteiger partial charge in [0.2, 0.25) is 5.76 Å². The normalized spacial score (nSPS) is 18.9. The van der Waals surface area contributed by atoms with E-state index >= 15 is 0 Å². The number of ether oxygens (including phenoxy) is 1. The number of piperazine rings is 1. The van der Waals surface area contributed by atoms with E-state index in [-0.39, 0.29) is 24.8 Å². The summed E-state index contributed by atoms with van der Waals surface area (Å²) in [5, 5.41) is 3.99. The van der Waals surface area contributed by atoms with Gasteiger partial charge in [-0.3, -0.25) is 4.79 Å². The molecule has 0 atom stereocenters. The highest BCUT2D eigenvalue weighted by molar-refractivity contribution is 7.86. The lowest BCUT2D eigenvalue weighted by atomic mass is 10.1. The monoisotopic (exact) mass is 420 g/mol. The van der Waals surface area contributed by atoms with Crippen molar-refractivity contribution >= 4 is 16.1 Å². The van der Waals surface area contributed by atoms with Crippen LogP contribution in [0.3, 0.4) is 0 Å². The van der Waals surface area contributed by atoms with Crippen LogP contribution in [0.5, 0.6) is 5.75 Å². The Labute approximate surface area is 170 Å². The molecular formula is C19H24N4O5S. The molecule has 2 fully saturated rings. The fourth-order valence-electron chi connectivity index (χ4n) is 3.65. The van der Waals surface area contributed by atoms with Gasteiger partial charge in [-0.2, -0.15) is 17.0 Å². The van der Waals surface area contributed by atoms with Crippen LogP contribution in [-0.2, 0) is 10.2 Å². The summed E-state index contributed by atoms with van der Waals surface area (Å²) in [5.41, 5.74) is 1.33. The highest BCUT2D eigenvalue weighted by Gasteiger charge is 2.35. The fourth-order valence-corrected chi connectivity index (χ4v) is 5.33. The molecule has 0 aliphatic carbocycles. The van der Waals surface area contributed by atoms with Gasteiger partial charge in [0.1, 0.15) is 11.4 Å². The second kappa shape index (κ2) is 8.13. The van der Waals surface area contributed by atoms with Crippen molar-refractivity contribution < 1.29 is 22.5 Å². The third-order valence-electron chi connectivity index (χ3n) is 5.33. The summed E-state index contributed by atoms with van der Waals surface area (Å²) in [6, 6.07) is 8.94. The van der Waals surface area contributed by atoms with E-state index < -0.39 is 10.2 Å². The summed E-state index contributed by atoms with van der Waals surface area (Å²) >= 11 is 0. The lowest BCUT2D eigenvalue weighted by Gasteiger charge is -2.35. The minimum absolute atomic E-state index is 0.138. The quantitative estimate of drug-likeness (QED) is 0.726. The summed E-state index contributed by atoms with van der Waals surface area (Å²) in [7, 11) is -1.85. The molecular weight excluding hydrogens is 396 g/mol. The van der Waals surface area contributed by atoms with Gasteiger partial charge in [0.15, 0.2) is 0 Å². The highest BCUT2D eigenvalue weighted by Crippen LogP contribution is 2.24. The topological polar surface area (TPSA) is 96.2 Å². The summed E-state index contributed by atoms with van der Waals surface area (Å²) in [6.45, 7) is 2.35. The van der Waals surface area contributed by atoms with E-state index in [2.05, 4.69) is 5.16 Å². The maximum Gasteiger partial charge on any atom is 0.292 e. The van der Waals surface area contributed by atoms with Crippen LogP contribution in [0.1, 0.15) is 23.4 Å². The van der Waals surface area contributed by atoms with Crippen molar-refractivity contribution in [3.05, 3.63) is 36.1 Å². The number of hydrogen-bond donors (Lipinski definition) is 0. The third kappa shape index (κ3) is 4.00. The summed E-state index contributed by atoms with van der Waals surface area (Å²) in [4.78, 5) is 14.4. The van der Waals surface area contributed by atoms with Crippen molar-refractivity contribution in [3.8, 4) is 17.0 Å². The smallest absolute Gasteiger partial charge is 0.292 e. The third-order valence-corrected chi connectivity index (χ3v) is 7.37. The van der Waals surface area contributed by atoms with Crippen LogP contribution in [0.25, 0.3) is 11.3 Å². The molecule has 1 amide bonds. The Morgan fingerprint density at radius 1 is 1.03 bits per heavy atom. The molecule has 2 saturated heterocycles. The Morgan fingerprint density at radius 2 is 1.72 bits per heavy atom. The molecule has 0 unspecified atom stereocenters. The van der Waals surface area contributed by atoms with E-state index in [0.717, 1.165) is 18.4 Å². The highest BCUT2D eigenvalue weighted by atomic mass is 32.2. The molecule has 0 bridgehead atoms. The van der Waals surface area contributed by atoms with Crippen LogP contribution < -0.4 is 4.74 Å². The lowest BCUT2D eigenvalue weighted by Crippen LogP contribution is -2.53. The summed E-state index contributed by atoms with van der Waals surface area (Å²) in [5.74, 6) is 0.539. The Hall–Kier alpha value is -2.43. The zero-order valence-electron chi connectivity index (χ0n) is 16.3. The van der Waals surface area contributed by atoms with Crippen LogP contribution in [0.15, 0.2) is 34.9 Å². The van der Waals surface area contributed by atoms with Crippen molar-refractivity contribution in [2.75, 3.05) is 46.4 Å². The molecule has 4 rings (SSSR count). The van der Waals surface area contributed by atoms with Gasteiger partial charge in [0.25, 0.3) is 16.1 Å². The average molecular weight is 420 g/mol. The standard InChI is InChI=1S/C19H24N4O5S/c1-27-16-6-4-5-15(13-16)17-14-18(28-20-17)19(24)21-9-11-23(12-10-21)29(25,26)22-7-2-3-8-22/h4-6,13-14H,2-3,7-12H2,1H3. The van der Waals surface area contributed by atoms with Crippen LogP contribution in [0.2, 0.25) is 0 Å². The van der Waals surface area contributed by atoms with Crippen molar-refractivity contribution in [2.24, 2.45) is 0 Å². The first kappa shape index (κ1) is 19.9. The minimum Gasteiger partial charge on any atom is -0.497 e. The van der Waals surface area contributed by atoms with Crippen LogP contribution in [0.4, 0.5) is 0 Å². The SMILES string of the molecule is COc1cccc(-c2cc(C(=O)N3CCN(S(=O)(=O)N4CCCC4)CC3)on2)c1. The maximum absolute atomic E-state index is 12.8. The number of methoxy groups -OCH3 is 1. The zero-order chi connectivity index (χ0) is 20.4. The molecule has 2 aromatic rings. The van der Waals surface area contributed by atoms with Crippen LogP contribution >= 0.6 is 0 Å². The molecule has 156 valence electrons. The average Bonchev–Trinajstić information content (AvgIpc) is 3.46. The predicted octanol–water partition coefficient (Wildman–Crippen LogP) is 1.45. The first-order chi connectivity index (χ1) is 14.0. The molecule has 2 aliphatic rings. The van der Waals surface area contributed by atoms with E-state index in [9.17, 15) is 13.2 Å². The first-order valence-corrected chi connectivity index (χ1v) is 11.0. The van der Waals surface area contributed by atoms with Crippen molar-refractivity contribution in [3.63, 3.8) is 0 Å². The largest absolute Gasteiger partial charge is 0.497 e. The second-order valence-corrected chi connectivity index (χ2v) is 9.04. The molecule has 1 aromatic carbocycles. The van der Waals surface area contributed by atoms with E-state index in [0.29, 0.717) is 37.6 Å². The predicted molar refractivity (Wildman–Crippen MR) is 106 cm³/mol. The van der Waals surface area contributed by atoms with Gasteiger partial charge in [0.05, 0.1) is 7.11 Å². The van der Waals surface area contributed by atoms with Gasteiger partial charge in [-0.1, -0.05) is 17.3 Å². The number of benzene rings is 1. The Morgan fingerprint density at radius 3 is 2.41 bits per heavy atom. The van der Waals surface area contributed by atoms with Crippen LogP contribution in [-0.4, -0.2) is 79.4 Å². The number of amides is 1. The Kier molecular flexibility index (Phi) is 5.57. The summed E-state index contributed by atoms with van der Waals surface area (Å²) in [6.07, 6.45) is 1.80. The van der Waals surface area contributed by atoms with Gasteiger partial charge in [-0.25, -0.2) is 0 Å². The van der Waals surface area contributed by atoms with Crippen molar-refractivity contribution in [1.82, 2.24) is 18.7 Å². The van der Waals surface area contributed by atoms with Crippen molar-refractivity contribution in [2.45, 2.75) is 12.8 Å². The van der Waals surface area contributed by atoms with Gasteiger partial charge in [0, 0.05) is 50.9 Å². The van der Waals surface area contributed by atoms with Gasteiger partial charge >= 0.3 is 0 Å². The molecule has 1 aromatic heterocycles. The Balaban J connectivity index is 1.40. The van der Waals surface area contributed by atoms with E-state index in [1.165, 1.54) is 8.61 Å². The number of rotatable bonds is 5. The second-order valence-electron chi connectivity index (χ2n) is 7.11. The fraction of sp³-hybridized carbons (Fsp3) is 0.474. The molecule has 3 heterocycles. The first-order valence-electron chi connectivity index (χ1n) is 9.64. The van der Waals surface area contributed by atoms with E-state index in [1.54, 1.807) is 18.1 Å². The van der Waals surface area contributed by atoms with E-state index in [4.69, 9.17) is 9.26 Å². The van der Waals surface area contributed by atoms with Crippen LogP contribution in [0, 0.1) is 0 Å². The van der Waals surface area contributed by atoms with Gasteiger partial charge in [-0.15, -0.1) is 0 Å². The van der Waals surface area contributed by atoms with E-state index in [1.807, 2.05) is 24.3 Å². The maximum atomic E-state index is 12.8. The number of aromatic nitrogens is 1. The minimum atomic E-state index is -3.43. The lowest BCUT2D eigenvalue weighted by molar-refractivity contribution is 0.0653. The van der Waals surface area contributed by atoms with Gasteiger partial charge in [-0.05, 0) is 25.0 Å². The van der Waals surface area contributed by atoms with Gasteiger partial charge < -0.3 is 14.2 Å². The molecule has 10 heteroatoms. The molecule has 0 radical (unpaired) electrons. The number of nitrogens with zero attached hydrogens (tertiary/aromatic N) is 4. The Bertz CT molecular complexity index is 976. The molecule has 9 nitrogen and oxygen atoms in total. The summed E-state index contributed by atoms with van der Waals surface area (Å²) < 4.78 is 38.8. The zero-order valence-corrected chi connectivity index (χ0v) is 17.1. The molecule has 2 aliphatic heterocycles. The molecule has 0 N–H and O–H groups in total. The molecule has 0 spiro atoms. The number of hydrogen-bond acceptors (Lipinski definition) is 6. The number of carbonyl (C=O) groups excluding carboxylic acids is 1. The molecule has 29 heavy (non-hydrogen) atoms.